The maximum absolute atomic E-state index is 11.5. The van der Waals surface area contributed by atoms with Gasteiger partial charge in [-0.3, -0.25) is 14.5 Å². The molecule has 2 aliphatic rings. The summed E-state index contributed by atoms with van der Waals surface area (Å²) in [7, 11) is 0. The Morgan fingerprint density at radius 2 is 2.36 bits per heavy atom. The molecule has 76 valence electrons. The zero-order valence-corrected chi connectivity index (χ0v) is 8.16. The molecule has 14 heavy (non-hydrogen) atoms. The van der Waals surface area contributed by atoms with Crippen LogP contribution in [0.4, 0.5) is 0 Å². The van der Waals surface area contributed by atoms with Gasteiger partial charge in [0.05, 0.1) is 12.6 Å². The second-order valence-electron chi connectivity index (χ2n) is 3.72. The molecule has 0 aromatic heterocycles. The van der Waals surface area contributed by atoms with Crippen molar-refractivity contribution in [1.82, 2.24) is 4.90 Å². The quantitative estimate of drug-likeness (QED) is 0.602. The van der Waals surface area contributed by atoms with Crippen LogP contribution in [0, 0.1) is 0 Å². The van der Waals surface area contributed by atoms with Crippen LogP contribution in [-0.2, 0) is 14.3 Å². The Labute approximate surface area is 82.5 Å². The summed E-state index contributed by atoms with van der Waals surface area (Å²) in [5.74, 6) is -0.381. The van der Waals surface area contributed by atoms with Crippen LogP contribution in [0.5, 0.6) is 0 Å². The molecule has 0 bridgehead atoms. The van der Waals surface area contributed by atoms with Crippen LogP contribution in [0.15, 0.2) is 11.6 Å². The number of imide groups is 1. The lowest BCUT2D eigenvalue weighted by Crippen LogP contribution is -2.37. The van der Waals surface area contributed by atoms with Crippen LogP contribution in [0.3, 0.4) is 0 Å². The van der Waals surface area contributed by atoms with Gasteiger partial charge in [0.2, 0.25) is 0 Å². The standard InChI is InChI=1S/C10H13NO3/c1-7-5-9(12)11(10(7)13)6-8-3-2-4-14-8/h5,8H,2-4,6H2,1H3. The molecule has 2 amide bonds. The second kappa shape index (κ2) is 3.53. The smallest absolute Gasteiger partial charge is 0.256 e. The van der Waals surface area contributed by atoms with E-state index in [1.54, 1.807) is 6.92 Å². The predicted octanol–water partition coefficient (Wildman–Crippen LogP) is 0.480. The molecule has 0 radical (unpaired) electrons. The average molecular weight is 195 g/mol. The number of carbonyl (C=O) groups excluding carboxylic acids is 2. The summed E-state index contributed by atoms with van der Waals surface area (Å²) < 4.78 is 5.38. The van der Waals surface area contributed by atoms with Crippen LogP contribution in [0.2, 0.25) is 0 Å². The van der Waals surface area contributed by atoms with Gasteiger partial charge < -0.3 is 4.74 Å². The third kappa shape index (κ3) is 1.57. The molecule has 1 unspecified atom stereocenters. The predicted molar refractivity (Wildman–Crippen MR) is 49.5 cm³/mol. The first-order chi connectivity index (χ1) is 6.68. The van der Waals surface area contributed by atoms with E-state index >= 15 is 0 Å². The van der Waals surface area contributed by atoms with Crippen molar-refractivity contribution in [2.45, 2.75) is 25.9 Å². The van der Waals surface area contributed by atoms with E-state index in [-0.39, 0.29) is 17.9 Å². The first kappa shape index (κ1) is 9.40. The molecular formula is C10H13NO3. The molecule has 2 aliphatic heterocycles. The van der Waals surface area contributed by atoms with E-state index in [9.17, 15) is 9.59 Å². The zero-order valence-electron chi connectivity index (χ0n) is 8.16. The van der Waals surface area contributed by atoms with E-state index in [2.05, 4.69) is 0 Å². The number of rotatable bonds is 2. The highest BCUT2D eigenvalue weighted by Crippen LogP contribution is 2.18. The maximum atomic E-state index is 11.5. The average Bonchev–Trinajstić information content (AvgIpc) is 2.71. The minimum absolute atomic E-state index is 0.0437. The van der Waals surface area contributed by atoms with Gasteiger partial charge in [-0.1, -0.05) is 0 Å². The van der Waals surface area contributed by atoms with E-state index in [1.165, 1.54) is 11.0 Å². The Kier molecular flexibility index (Phi) is 2.37. The normalized spacial score (nSPS) is 27.4. The summed E-state index contributed by atoms with van der Waals surface area (Å²) in [4.78, 5) is 24.1. The molecule has 2 heterocycles. The minimum atomic E-state index is -0.206. The summed E-state index contributed by atoms with van der Waals surface area (Å²) in [6.45, 7) is 2.81. The van der Waals surface area contributed by atoms with Crippen molar-refractivity contribution >= 4 is 11.8 Å². The van der Waals surface area contributed by atoms with Gasteiger partial charge in [0.15, 0.2) is 0 Å². The highest BCUT2D eigenvalue weighted by Gasteiger charge is 2.31. The van der Waals surface area contributed by atoms with Gasteiger partial charge in [0, 0.05) is 18.3 Å². The van der Waals surface area contributed by atoms with Crippen molar-refractivity contribution in [3.63, 3.8) is 0 Å². The number of hydrogen-bond donors (Lipinski definition) is 0. The molecule has 1 saturated heterocycles. The molecule has 0 saturated carbocycles. The Morgan fingerprint density at radius 1 is 1.57 bits per heavy atom. The Bertz CT molecular complexity index is 302. The van der Waals surface area contributed by atoms with Crippen LogP contribution in [0.1, 0.15) is 19.8 Å². The molecule has 2 rings (SSSR count). The molecule has 4 nitrogen and oxygen atoms in total. The summed E-state index contributed by atoms with van der Waals surface area (Å²) in [6.07, 6.45) is 3.39. The van der Waals surface area contributed by atoms with Gasteiger partial charge in [0.25, 0.3) is 11.8 Å². The molecule has 0 aromatic carbocycles. The fourth-order valence-electron chi connectivity index (χ4n) is 1.80. The highest BCUT2D eigenvalue weighted by molar-refractivity contribution is 6.15. The van der Waals surface area contributed by atoms with Crippen molar-refractivity contribution in [2.24, 2.45) is 0 Å². The first-order valence-corrected chi connectivity index (χ1v) is 4.84. The van der Waals surface area contributed by atoms with Gasteiger partial charge in [0.1, 0.15) is 0 Å². The first-order valence-electron chi connectivity index (χ1n) is 4.84. The van der Waals surface area contributed by atoms with Gasteiger partial charge >= 0.3 is 0 Å². The molecule has 0 aromatic rings. The van der Waals surface area contributed by atoms with Gasteiger partial charge in [-0.05, 0) is 19.8 Å². The van der Waals surface area contributed by atoms with Gasteiger partial charge in [-0.2, -0.15) is 0 Å². The highest BCUT2D eigenvalue weighted by atomic mass is 16.5. The number of carbonyl (C=O) groups is 2. The van der Waals surface area contributed by atoms with Crippen molar-refractivity contribution in [3.05, 3.63) is 11.6 Å². The Hall–Kier alpha value is -1.16. The van der Waals surface area contributed by atoms with Crippen molar-refractivity contribution < 1.29 is 14.3 Å². The number of amides is 2. The fourth-order valence-corrected chi connectivity index (χ4v) is 1.80. The second-order valence-corrected chi connectivity index (χ2v) is 3.72. The summed E-state index contributed by atoms with van der Waals surface area (Å²) in [5.41, 5.74) is 0.521. The van der Waals surface area contributed by atoms with E-state index in [0.29, 0.717) is 12.1 Å². The van der Waals surface area contributed by atoms with E-state index in [0.717, 1.165) is 19.4 Å². The molecule has 0 N–H and O–H groups in total. The maximum Gasteiger partial charge on any atom is 0.256 e. The number of ether oxygens (including phenoxy) is 1. The zero-order chi connectivity index (χ0) is 10.1. The number of hydrogen-bond acceptors (Lipinski definition) is 3. The lowest BCUT2D eigenvalue weighted by molar-refractivity contribution is -0.138. The summed E-state index contributed by atoms with van der Waals surface area (Å²) in [6, 6.07) is 0. The Morgan fingerprint density at radius 3 is 2.86 bits per heavy atom. The SMILES string of the molecule is CC1=CC(=O)N(CC2CCCO2)C1=O. The van der Waals surface area contributed by atoms with Crippen molar-refractivity contribution in [3.8, 4) is 0 Å². The van der Waals surface area contributed by atoms with Crippen molar-refractivity contribution in [1.29, 1.82) is 0 Å². The van der Waals surface area contributed by atoms with E-state index < -0.39 is 0 Å². The van der Waals surface area contributed by atoms with Crippen molar-refractivity contribution in [2.75, 3.05) is 13.2 Å². The largest absolute Gasteiger partial charge is 0.376 e. The topological polar surface area (TPSA) is 46.6 Å². The third-order valence-corrected chi connectivity index (χ3v) is 2.60. The van der Waals surface area contributed by atoms with Crippen LogP contribution in [-0.4, -0.2) is 36.0 Å². The molecule has 4 heteroatoms. The molecule has 0 aliphatic carbocycles. The summed E-state index contributed by atoms with van der Waals surface area (Å²) in [5, 5.41) is 0. The van der Waals surface area contributed by atoms with Crippen LogP contribution < -0.4 is 0 Å². The van der Waals surface area contributed by atoms with Gasteiger partial charge in [-0.25, -0.2) is 0 Å². The lowest BCUT2D eigenvalue weighted by atomic mass is 10.2. The molecule has 0 spiro atoms. The monoisotopic (exact) mass is 195 g/mol. The van der Waals surface area contributed by atoms with E-state index in [1.807, 2.05) is 0 Å². The molecule has 1 atom stereocenters. The fraction of sp³-hybridized carbons (Fsp3) is 0.600. The molecule has 1 fully saturated rings. The van der Waals surface area contributed by atoms with E-state index in [4.69, 9.17) is 4.74 Å². The number of nitrogens with zero attached hydrogens (tertiary/aromatic N) is 1. The Balaban J connectivity index is 1.99. The van der Waals surface area contributed by atoms with Crippen LogP contribution in [0.25, 0.3) is 0 Å². The minimum Gasteiger partial charge on any atom is -0.376 e. The lowest BCUT2D eigenvalue weighted by Gasteiger charge is -2.18. The van der Waals surface area contributed by atoms with Gasteiger partial charge in [-0.15, -0.1) is 0 Å². The molecular weight excluding hydrogens is 182 g/mol. The third-order valence-electron chi connectivity index (χ3n) is 2.60. The summed E-state index contributed by atoms with van der Waals surface area (Å²) >= 11 is 0. The van der Waals surface area contributed by atoms with Crippen LogP contribution >= 0.6 is 0 Å².